The van der Waals surface area contributed by atoms with Gasteiger partial charge in [0.1, 0.15) is 95.7 Å². The molecule has 20 atom stereocenters. The summed E-state index contributed by atoms with van der Waals surface area (Å²) in [7, 11) is 0. The standard InChI is InChI=1S/C39H50O24/c1-10-21(43)26(48)30(52)36(56-10)55-9-19-24(46)29(51)35(63-38-32(54)28(50)23(45)12(3)58-38)39(61-19)62-34-25(47)20-17(42)7-14(59-37-31(53)27(49)22(44)11(2)57-37)8-18(20)60-33(34)13-4-5-15(40)16(41)6-13/h4-8,10-12,19,21-24,26-32,35-46,48-54H,9H2,1-3H3/t10-,11+,12+,19-,21+,22+,23-,24+,26+,27+,28+,29+,30+,31+,32+,35+,36+,37-,38-,39-/m0/s1. The van der Waals surface area contributed by atoms with Crippen LogP contribution in [0.4, 0.5) is 0 Å². The topological polar surface area (TPSA) is 387 Å². The highest BCUT2D eigenvalue weighted by molar-refractivity contribution is 5.88. The number of rotatable bonds is 10. The monoisotopic (exact) mass is 902 g/mol. The zero-order chi connectivity index (χ0) is 45.9. The van der Waals surface area contributed by atoms with Crippen molar-refractivity contribution < 1.29 is 114 Å². The van der Waals surface area contributed by atoms with Gasteiger partial charge in [0.05, 0.1) is 24.9 Å². The number of ether oxygens (including phenoxy) is 8. The molecule has 24 nitrogen and oxygen atoms in total. The number of hydrogen-bond donors (Lipinski definition) is 14. The van der Waals surface area contributed by atoms with Crippen molar-refractivity contribution in [3.05, 3.63) is 40.6 Å². The quantitative estimate of drug-likeness (QED) is 0.0855. The molecule has 0 bridgehead atoms. The molecule has 4 saturated heterocycles. The first-order chi connectivity index (χ1) is 29.7. The second-order valence-corrected chi connectivity index (χ2v) is 15.8. The van der Waals surface area contributed by atoms with Crippen LogP contribution >= 0.6 is 0 Å². The van der Waals surface area contributed by atoms with Crippen LogP contribution in [0.5, 0.6) is 28.7 Å². The molecule has 24 heteroatoms. The molecule has 4 aliphatic rings. The number of aliphatic hydroxyl groups excluding tert-OH is 11. The van der Waals surface area contributed by atoms with E-state index in [1.165, 1.54) is 26.8 Å². The number of aliphatic hydroxyl groups is 11. The van der Waals surface area contributed by atoms with Crippen molar-refractivity contribution in [2.45, 2.75) is 144 Å². The molecule has 0 amide bonds. The molecule has 14 N–H and O–H groups in total. The lowest BCUT2D eigenvalue weighted by Gasteiger charge is -2.46. The van der Waals surface area contributed by atoms with E-state index in [2.05, 4.69) is 0 Å². The minimum atomic E-state index is -2.10. The van der Waals surface area contributed by atoms with E-state index in [4.69, 9.17) is 42.3 Å². The molecule has 350 valence electrons. The smallest absolute Gasteiger partial charge is 0.239 e. The van der Waals surface area contributed by atoms with Crippen molar-refractivity contribution in [1.29, 1.82) is 0 Å². The maximum absolute atomic E-state index is 14.5. The Bertz CT molecular complexity index is 2130. The first-order valence-corrected chi connectivity index (χ1v) is 19.8. The number of phenolic OH excluding ortho intramolecular Hbond substituents is 3. The lowest BCUT2D eigenvalue weighted by Crippen LogP contribution is -2.65. The summed E-state index contributed by atoms with van der Waals surface area (Å²) < 4.78 is 51.8. The van der Waals surface area contributed by atoms with Gasteiger partial charge in [-0.15, -0.1) is 0 Å². The SMILES string of the molecule is C[C@@H]1O[C@@H](OC[C@@H]2O[C@@H](Oc3c(-c4ccc(O)c(O)c4)oc4cc(O[C@@H]5O[C@H](C)[C@@H](O)[C@@H](O)[C@H]5O)cc(O)c4c3=O)[C@H](O[C@@H]3O[C@H](C)[C@H](O)[C@@H](O)[C@H]3O)[C@H](O)[C@@H]2O)[C@H](O)[C@H](O)[C@@H]1O. The van der Waals surface area contributed by atoms with E-state index in [0.717, 1.165) is 24.3 Å². The van der Waals surface area contributed by atoms with Gasteiger partial charge >= 0.3 is 0 Å². The predicted molar refractivity (Wildman–Crippen MR) is 203 cm³/mol. The van der Waals surface area contributed by atoms with Crippen molar-refractivity contribution in [2.24, 2.45) is 0 Å². The van der Waals surface area contributed by atoms with Crippen LogP contribution in [0, 0.1) is 0 Å². The summed E-state index contributed by atoms with van der Waals surface area (Å²) >= 11 is 0. The normalized spacial score (nSPS) is 41.0. The average Bonchev–Trinajstić information content (AvgIpc) is 3.24. The molecular weight excluding hydrogens is 852 g/mol. The molecular formula is C39H50O24. The molecule has 5 heterocycles. The molecule has 63 heavy (non-hydrogen) atoms. The molecule has 0 aliphatic carbocycles. The van der Waals surface area contributed by atoms with Crippen molar-refractivity contribution in [1.82, 2.24) is 0 Å². The highest BCUT2D eigenvalue weighted by Gasteiger charge is 2.52. The minimum Gasteiger partial charge on any atom is -0.507 e. The number of phenols is 3. The van der Waals surface area contributed by atoms with Crippen molar-refractivity contribution in [3.8, 4) is 40.1 Å². The van der Waals surface area contributed by atoms with E-state index in [1.807, 2.05) is 0 Å². The molecule has 2 aromatic carbocycles. The van der Waals surface area contributed by atoms with Gasteiger partial charge in [0, 0.05) is 17.7 Å². The van der Waals surface area contributed by atoms with E-state index >= 15 is 0 Å². The molecule has 0 saturated carbocycles. The van der Waals surface area contributed by atoms with Gasteiger partial charge in [0.2, 0.25) is 23.8 Å². The summed E-state index contributed by atoms with van der Waals surface area (Å²) in [4.78, 5) is 14.5. The average molecular weight is 903 g/mol. The first-order valence-electron chi connectivity index (χ1n) is 19.8. The lowest BCUT2D eigenvalue weighted by atomic mass is 9.97. The summed E-state index contributed by atoms with van der Waals surface area (Å²) in [6.45, 7) is 3.38. The van der Waals surface area contributed by atoms with Crippen LogP contribution in [0.3, 0.4) is 0 Å². The van der Waals surface area contributed by atoms with Crippen molar-refractivity contribution in [2.75, 3.05) is 6.61 Å². The second-order valence-electron chi connectivity index (χ2n) is 15.8. The third kappa shape index (κ3) is 9.01. The Morgan fingerprint density at radius 1 is 0.540 bits per heavy atom. The van der Waals surface area contributed by atoms with Gasteiger partial charge in [-0.3, -0.25) is 4.79 Å². The first kappa shape index (κ1) is 46.9. The van der Waals surface area contributed by atoms with Crippen LogP contribution in [-0.4, -0.2) is 201 Å². The van der Waals surface area contributed by atoms with Gasteiger partial charge in [-0.25, -0.2) is 0 Å². The van der Waals surface area contributed by atoms with Gasteiger partial charge < -0.3 is 114 Å². The maximum Gasteiger partial charge on any atom is 0.239 e. The third-order valence-corrected chi connectivity index (χ3v) is 11.4. The zero-order valence-electron chi connectivity index (χ0n) is 33.5. The molecule has 0 radical (unpaired) electrons. The largest absolute Gasteiger partial charge is 0.507 e. The molecule has 7 rings (SSSR count). The van der Waals surface area contributed by atoms with Crippen LogP contribution in [0.1, 0.15) is 20.8 Å². The van der Waals surface area contributed by atoms with Crippen LogP contribution in [-0.2, 0) is 28.4 Å². The summed E-state index contributed by atoms with van der Waals surface area (Å²) in [6.07, 6.45) is -33.4. The van der Waals surface area contributed by atoms with E-state index in [1.54, 1.807) is 0 Å². The van der Waals surface area contributed by atoms with Gasteiger partial charge in [0.25, 0.3) is 0 Å². The summed E-state index contributed by atoms with van der Waals surface area (Å²) in [5.74, 6) is -3.77. The highest BCUT2D eigenvalue weighted by Crippen LogP contribution is 2.41. The molecule has 4 aliphatic heterocycles. The molecule has 4 fully saturated rings. The number of fused-ring (bicyclic) bond motifs is 1. The van der Waals surface area contributed by atoms with Crippen LogP contribution in [0.2, 0.25) is 0 Å². The van der Waals surface area contributed by atoms with Crippen molar-refractivity contribution >= 4 is 11.0 Å². The van der Waals surface area contributed by atoms with Crippen LogP contribution in [0.25, 0.3) is 22.3 Å². The zero-order valence-corrected chi connectivity index (χ0v) is 33.5. The van der Waals surface area contributed by atoms with E-state index < -0.39 is 175 Å². The molecule has 1 aromatic heterocycles. The third-order valence-electron chi connectivity index (χ3n) is 11.4. The van der Waals surface area contributed by atoms with E-state index in [-0.39, 0.29) is 11.3 Å². The Morgan fingerprint density at radius 2 is 1.10 bits per heavy atom. The van der Waals surface area contributed by atoms with Gasteiger partial charge in [-0.1, -0.05) is 0 Å². The Hall–Kier alpha value is -4.03. The maximum atomic E-state index is 14.5. The van der Waals surface area contributed by atoms with E-state index in [9.17, 15) is 76.3 Å². The van der Waals surface area contributed by atoms with Gasteiger partial charge in [0.15, 0.2) is 35.9 Å². The molecule has 3 aromatic rings. The molecule has 0 unspecified atom stereocenters. The Balaban J connectivity index is 1.28. The van der Waals surface area contributed by atoms with Gasteiger partial charge in [-0.2, -0.15) is 0 Å². The Kier molecular flexibility index (Phi) is 13.8. The lowest BCUT2D eigenvalue weighted by molar-refractivity contribution is -0.360. The predicted octanol–water partition coefficient (Wildman–Crippen LogP) is -4.33. The number of hydrogen-bond acceptors (Lipinski definition) is 24. The van der Waals surface area contributed by atoms with Crippen LogP contribution in [0.15, 0.2) is 39.5 Å². The molecule has 0 spiro atoms. The Labute approximate surface area is 355 Å². The minimum absolute atomic E-state index is 0.161. The fourth-order valence-corrected chi connectivity index (χ4v) is 7.55. The fourth-order valence-electron chi connectivity index (χ4n) is 7.55. The summed E-state index contributed by atoms with van der Waals surface area (Å²) in [5.41, 5.74) is -1.75. The fraction of sp³-hybridized carbons (Fsp3) is 0.615. The second kappa shape index (κ2) is 18.5. The summed E-state index contributed by atoms with van der Waals surface area (Å²) in [5, 5.41) is 147. The van der Waals surface area contributed by atoms with Crippen LogP contribution < -0.4 is 14.9 Å². The summed E-state index contributed by atoms with van der Waals surface area (Å²) in [6, 6.07) is 5.17. The van der Waals surface area contributed by atoms with Gasteiger partial charge in [-0.05, 0) is 39.0 Å². The Morgan fingerprint density at radius 3 is 1.70 bits per heavy atom. The van der Waals surface area contributed by atoms with Crippen molar-refractivity contribution in [3.63, 3.8) is 0 Å². The number of aromatic hydroxyl groups is 3. The number of benzene rings is 2. The van der Waals surface area contributed by atoms with E-state index in [0.29, 0.717) is 0 Å². The highest BCUT2D eigenvalue weighted by atomic mass is 16.8.